The molecular formula is C15H18N2O. The minimum atomic E-state index is -0.0755. The Morgan fingerprint density at radius 2 is 2.17 bits per heavy atom. The van der Waals surface area contributed by atoms with Crippen molar-refractivity contribution in [2.24, 2.45) is 5.73 Å². The van der Waals surface area contributed by atoms with Crippen LogP contribution in [0.25, 0.3) is 10.9 Å². The number of fused-ring (bicyclic) bond motifs is 3. The van der Waals surface area contributed by atoms with Crippen LogP contribution >= 0.6 is 0 Å². The number of aromatic nitrogens is 1. The van der Waals surface area contributed by atoms with Crippen LogP contribution in [0.15, 0.2) is 18.2 Å². The molecule has 1 aliphatic heterocycles. The van der Waals surface area contributed by atoms with E-state index in [2.05, 4.69) is 23.2 Å². The number of H-pyrrole nitrogens is 1. The average molecular weight is 242 g/mol. The van der Waals surface area contributed by atoms with E-state index in [9.17, 15) is 0 Å². The molecular weight excluding hydrogens is 224 g/mol. The lowest BCUT2D eigenvalue weighted by Gasteiger charge is -2.38. The molecule has 0 atom stereocenters. The van der Waals surface area contributed by atoms with Gasteiger partial charge in [-0.15, -0.1) is 0 Å². The number of ether oxygens (including phenoxy) is 1. The van der Waals surface area contributed by atoms with Crippen molar-refractivity contribution in [1.29, 1.82) is 0 Å². The third-order valence-corrected chi connectivity index (χ3v) is 4.56. The highest BCUT2D eigenvalue weighted by Gasteiger charge is 2.34. The number of hydrogen-bond acceptors (Lipinski definition) is 2. The Kier molecular flexibility index (Phi) is 2.11. The Balaban J connectivity index is 1.88. The summed E-state index contributed by atoms with van der Waals surface area (Å²) in [7, 11) is 0. The first-order valence-electron chi connectivity index (χ1n) is 6.77. The minimum Gasteiger partial charge on any atom is -0.376 e. The second kappa shape index (κ2) is 3.59. The van der Waals surface area contributed by atoms with E-state index >= 15 is 0 Å². The summed E-state index contributed by atoms with van der Waals surface area (Å²) in [4.78, 5) is 3.51. The van der Waals surface area contributed by atoms with Crippen LogP contribution in [0.3, 0.4) is 0 Å². The van der Waals surface area contributed by atoms with E-state index in [1.165, 1.54) is 34.1 Å². The summed E-state index contributed by atoms with van der Waals surface area (Å²) in [6.45, 7) is 1.56. The summed E-state index contributed by atoms with van der Waals surface area (Å²) in [5, 5.41) is 1.30. The van der Waals surface area contributed by atoms with E-state index in [-0.39, 0.29) is 5.54 Å². The van der Waals surface area contributed by atoms with Gasteiger partial charge in [-0.2, -0.15) is 0 Å². The lowest BCUT2D eigenvalue weighted by atomic mass is 9.72. The van der Waals surface area contributed by atoms with Gasteiger partial charge in [0.1, 0.15) is 0 Å². The van der Waals surface area contributed by atoms with Gasteiger partial charge in [-0.3, -0.25) is 0 Å². The van der Waals surface area contributed by atoms with E-state index in [1.807, 2.05) is 0 Å². The summed E-state index contributed by atoms with van der Waals surface area (Å²) in [5.74, 6) is 0. The zero-order chi connectivity index (χ0) is 12.2. The summed E-state index contributed by atoms with van der Waals surface area (Å²) >= 11 is 0. The second-order valence-electron chi connectivity index (χ2n) is 5.65. The fourth-order valence-electron chi connectivity index (χ4n) is 3.19. The Hall–Kier alpha value is -1.32. The van der Waals surface area contributed by atoms with E-state index in [1.54, 1.807) is 0 Å². The first-order chi connectivity index (χ1) is 8.76. The predicted octanol–water partition coefficient (Wildman–Crippen LogP) is 2.58. The molecule has 2 aromatic rings. The predicted molar refractivity (Wildman–Crippen MR) is 71.4 cm³/mol. The lowest BCUT2D eigenvalue weighted by Crippen LogP contribution is -2.43. The standard InChI is InChI=1S/C15H18N2O/c16-15(5-1-6-15)10-2-3-13-11(8-10)12-9-18-7-4-14(12)17-13/h2-3,8,17H,1,4-7,9,16H2. The van der Waals surface area contributed by atoms with Crippen molar-refractivity contribution in [3.63, 3.8) is 0 Å². The van der Waals surface area contributed by atoms with Crippen molar-refractivity contribution in [2.45, 2.75) is 37.8 Å². The van der Waals surface area contributed by atoms with Gasteiger partial charge in [0.25, 0.3) is 0 Å². The third kappa shape index (κ3) is 1.38. The lowest BCUT2D eigenvalue weighted by molar-refractivity contribution is 0.111. The van der Waals surface area contributed by atoms with E-state index in [0.29, 0.717) is 0 Å². The largest absolute Gasteiger partial charge is 0.376 e. The highest BCUT2D eigenvalue weighted by atomic mass is 16.5. The van der Waals surface area contributed by atoms with Crippen LogP contribution < -0.4 is 5.73 Å². The first-order valence-corrected chi connectivity index (χ1v) is 6.77. The Morgan fingerprint density at radius 3 is 2.94 bits per heavy atom. The van der Waals surface area contributed by atoms with Gasteiger partial charge in [-0.25, -0.2) is 0 Å². The summed E-state index contributed by atoms with van der Waals surface area (Å²) in [6.07, 6.45) is 4.47. The Morgan fingerprint density at radius 1 is 1.28 bits per heavy atom. The molecule has 0 bridgehead atoms. The van der Waals surface area contributed by atoms with Gasteiger partial charge in [-0.05, 0) is 37.0 Å². The molecule has 18 heavy (non-hydrogen) atoms. The molecule has 0 saturated heterocycles. The number of nitrogens with two attached hydrogens (primary N) is 1. The van der Waals surface area contributed by atoms with Crippen molar-refractivity contribution >= 4 is 10.9 Å². The molecule has 1 fully saturated rings. The van der Waals surface area contributed by atoms with Crippen LogP contribution in [0.4, 0.5) is 0 Å². The van der Waals surface area contributed by atoms with Gasteiger partial charge in [0, 0.05) is 34.1 Å². The molecule has 1 aromatic heterocycles. The SMILES string of the molecule is NC1(c2ccc3[nH]c4c(c3c2)COCC4)CCC1. The smallest absolute Gasteiger partial charge is 0.0740 e. The molecule has 3 N–H and O–H groups in total. The van der Waals surface area contributed by atoms with Crippen LogP contribution in [0.5, 0.6) is 0 Å². The molecule has 0 amide bonds. The monoisotopic (exact) mass is 242 g/mol. The molecule has 3 nitrogen and oxygen atoms in total. The average Bonchev–Trinajstić information content (AvgIpc) is 2.73. The number of benzene rings is 1. The molecule has 0 unspecified atom stereocenters. The van der Waals surface area contributed by atoms with Gasteiger partial charge < -0.3 is 15.5 Å². The Bertz CT molecular complexity index is 610. The van der Waals surface area contributed by atoms with E-state index in [0.717, 1.165) is 32.5 Å². The van der Waals surface area contributed by atoms with Crippen LogP contribution in [-0.2, 0) is 23.3 Å². The van der Waals surface area contributed by atoms with Crippen molar-refractivity contribution in [2.75, 3.05) is 6.61 Å². The number of aromatic amines is 1. The minimum absolute atomic E-state index is 0.0755. The van der Waals surface area contributed by atoms with Crippen molar-refractivity contribution < 1.29 is 4.74 Å². The molecule has 4 rings (SSSR count). The Labute approximate surface area is 106 Å². The van der Waals surface area contributed by atoms with Crippen LogP contribution in [0.2, 0.25) is 0 Å². The molecule has 3 heteroatoms. The van der Waals surface area contributed by atoms with E-state index in [4.69, 9.17) is 10.5 Å². The second-order valence-corrected chi connectivity index (χ2v) is 5.65. The summed E-state index contributed by atoms with van der Waals surface area (Å²) in [5.41, 5.74) is 11.5. The van der Waals surface area contributed by atoms with Crippen LogP contribution in [0, 0.1) is 0 Å². The van der Waals surface area contributed by atoms with E-state index < -0.39 is 0 Å². The van der Waals surface area contributed by atoms with Crippen LogP contribution in [0.1, 0.15) is 36.1 Å². The van der Waals surface area contributed by atoms with Crippen LogP contribution in [-0.4, -0.2) is 11.6 Å². The summed E-state index contributed by atoms with van der Waals surface area (Å²) in [6, 6.07) is 6.64. The van der Waals surface area contributed by atoms with Gasteiger partial charge in [0.2, 0.25) is 0 Å². The van der Waals surface area contributed by atoms with Gasteiger partial charge in [0.15, 0.2) is 0 Å². The normalized spacial score (nSPS) is 21.6. The fourth-order valence-corrected chi connectivity index (χ4v) is 3.19. The molecule has 0 spiro atoms. The van der Waals surface area contributed by atoms with Crippen molar-refractivity contribution in [3.05, 3.63) is 35.0 Å². The van der Waals surface area contributed by atoms with Crippen molar-refractivity contribution in [1.82, 2.24) is 4.98 Å². The molecule has 0 radical (unpaired) electrons. The van der Waals surface area contributed by atoms with Gasteiger partial charge >= 0.3 is 0 Å². The first kappa shape index (κ1) is 10.6. The molecule has 1 saturated carbocycles. The molecule has 1 aliphatic carbocycles. The number of nitrogens with one attached hydrogen (secondary N) is 1. The third-order valence-electron chi connectivity index (χ3n) is 4.56. The zero-order valence-electron chi connectivity index (χ0n) is 10.5. The maximum absolute atomic E-state index is 6.42. The maximum Gasteiger partial charge on any atom is 0.0740 e. The molecule has 2 aliphatic rings. The van der Waals surface area contributed by atoms with Gasteiger partial charge in [-0.1, -0.05) is 6.07 Å². The zero-order valence-corrected chi connectivity index (χ0v) is 10.5. The maximum atomic E-state index is 6.42. The van der Waals surface area contributed by atoms with Gasteiger partial charge in [0.05, 0.1) is 13.2 Å². The fraction of sp³-hybridized carbons (Fsp3) is 0.467. The highest BCUT2D eigenvalue weighted by Crippen LogP contribution is 2.40. The van der Waals surface area contributed by atoms with Crippen molar-refractivity contribution in [3.8, 4) is 0 Å². The topological polar surface area (TPSA) is 51.0 Å². The molecule has 1 aromatic carbocycles. The number of hydrogen-bond donors (Lipinski definition) is 2. The highest BCUT2D eigenvalue weighted by molar-refractivity contribution is 5.85. The molecule has 94 valence electrons. The quantitative estimate of drug-likeness (QED) is 0.807. The summed E-state index contributed by atoms with van der Waals surface area (Å²) < 4.78 is 5.58. The number of rotatable bonds is 1. The molecule has 2 heterocycles.